The molecule has 0 aromatic carbocycles. The van der Waals surface area contributed by atoms with Gasteiger partial charge in [0.15, 0.2) is 0 Å². The standard InChI is InChI=1S/C13H13F5O5/c1-12(14,15)11(13(16,17)18)23-10(21)5-3-2-4-6(5)9(20)22-8(4)7(3)19/h3-8,11,19H,2H2,1H3. The molecule has 1 aliphatic heterocycles. The zero-order valence-electron chi connectivity index (χ0n) is 11.7. The number of carbonyl (C=O) groups is 2. The number of halogens is 5. The van der Waals surface area contributed by atoms with Gasteiger partial charge in [-0.3, -0.25) is 9.59 Å². The van der Waals surface area contributed by atoms with E-state index in [9.17, 15) is 36.6 Å². The van der Waals surface area contributed by atoms with Gasteiger partial charge in [0.2, 0.25) is 0 Å². The molecule has 130 valence electrons. The number of carbonyl (C=O) groups excluding carboxylic acids is 2. The van der Waals surface area contributed by atoms with Crippen LogP contribution in [0, 0.1) is 23.7 Å². The predicted octanol–water partition coefficient (Wildman–Crippen LogP) is 1.28. The predicted molar refractivity (Wildman–Crippen MR) is 61.0 cm³/mol. The third-order valence-electron chi connectivity index (χ3n) is 4.84. The Hall–Kier alpha value is -1.45. The first kappa shape index (κ1) is 16.4. The summed E-state index contributed by atoms with van der Waals surface area (Å²) in [6, 6.07) is 0. The maximum absolute atomic E-state index is 13.1. The molecule has 10 heteroatoms. The third kappa shape index (κ3) is 2.38. The molecule has 0 spiro atoms. The molecule has 0 amide bonds. The lowest BCUT2D eigenvalue weighted by molar-refractivity contribution is -0.275. The average molecular weight is 344 g/mol. The molecule has 0 aromatic rings. The van der Waals surface area contributed by atoms with Crippen LogP contribution in [-0.2, 0) is 19.1 Å². The van der Waals surface area contributed by atoms with Gasteiger partial charge < -0.3 is 14.6 Å². The fraction of sp³-hybridized carbons (Fsp3) is 0.846. The number of alkyl halides is 5. The van der Waals surface area contributed by atoms with E-state index >= 15 is 0 Å². The minimum absolute atomic E-state index is 0.00601. The molecular weight excluding hydrogens is 331 g/mol. The van der Waals surface area contributed by atoms with Crippen molar-refractivity contribution < 1.29 is 46.1 Å². The van der Waals surface area contributed by atoms with Crippen molar-refractivity contribution in [3.63, 3.8) is 0 Å². The quantitative estimate of drug-likeness (QED) is 0.617. The third-order valence-corrected chi connectivity index (χ3v) is 4.84. The summed E-state index contributed by atoms with van der Waals surface area (Å²) in [5.41, 5.74) is 0. The summed E-state index contributed by atoms with van der Waals surface area (Å²) in [5, 5.41) is 9.94. The molecule has 2 saturated carbocycles. The van der Waals surface area contributed by atoms with Crippen molar-refractivity contribution in [3.8, 4) is 0 Å². The van der Waals surface area contributed by atoms with Crippen molar-refractivity contribution in [2.45, 2.75) is 43.8 Å². The smallest absolute Gasteiger partial charge is 0.431 e. The highest BCUT2D eigenvalue weighted by Crippen LogP contribution is 2.58. The number of rotatable bonds is 3. The van der Waals surface area contributed by atoms with Gasteiger partial charge in [-0.05, 0) is 6.42 Å². The molecule has 3 aliphatic rings. The molecule has 1 heterocycles. The van der Waals surface area contributed by atoms with Crippen molar-refractivity contribution in [1.29, 1.82) is 0 Å². The van der Waals surface area contributed by atoms with Crippen LogP contribution in [0.25, 0.3) is 0 Å². The minimum Gasteiger partial charge on any atom is -0.459 e. The molecule has 1 saturated heterocycles. The van der Waals surface area contributed by atoms with Crippen molar-refractivity contribution >= 4 is 11.9 Å². The zero-order valence-corrected chi connectivity index (χ0v) is 11.7. The molecule has 5 nitrogen and oxygen atoms in total. The van der Waals surface area contributed by atoms with Crippen LogP contribution in [0.15, 0.2) is 0 Å². The second-order valence-electron chi connectivity index (χ2n) is 6.32. The topological polar surface area (TPSA) is 72.8 Å². The molecule has 0 aromatic heterocycles. The molecule has 3 rings (SSSR count). The van der Waals surface area contributed by atoms with Crippen LogP contribution in [0.4, 0.5) is 22.0 Å². The fourth-order valence-corrected chi connectivity index (χ4v) is 3.99. The van der Waals surface area contributed by atoms with E-state index < -0.39 is 66.0 Å². The number of fused-ring (bicyclic) bond motifs is 1. The SMILES string of the molecule is CC(F)(F)C(OC(=O)C1C2CC3C(OC(=O)C31)C2O)C(F)(F)F. The lowest BCUT2D eigenvalue weighted by atomic mass is 9.78. The van der Waals surface area contributed by atoms with Crippen LogP contribution >= 0.6 is 0 Å². The van der Waals surface area contributed by atoms with E-state index in [-0.39, 0.29) is 13.3 Å². The number of aliphatic hydroxyl groups is 1. The summed E-state index contributed by atoms with van der Waals surface area (Å²) >= 11 is 0. The highest BCUT2D eigenvalue weighted by molar-refractivity contribution is 5.86. The Kier molecular flexibility index (Phi) is 3.41. The van der Waals surface area contributed by atoms with Crippen LogP contribution in [0.2, 0.25) is 0 Å². The van der Waals surface area contributed by atoms with Crippen LogP contribution in [0.1, 0.15) is 13.3 Å². The van der Waals surface area contributed by atoms with Gasteiger partial charge in [0.25, 0.3) is 12.0 Å². The average Bonchev–Trinajstić information content (AvgIpc) is 2.96. The number of hydrogen-bond acceptors (Lipinski definition) is 5. The lowest BCUT2D eigenvalue weighted by Crippen LogP contribution is -2.49. The van der Waals surface area contributed by atoms with Gasteiger partial charge in [0, 0.05) is 18.8 Å². The van der Waals surface area contributed by atoms with Crippen LogP contribution < -0.4 is 0 Å². The Balaban J connectivity index is 1.82. The van der Waals surface area contributed by atoms with Gasteiger partial charge in [-0.2, -0.15) is 13.2 Å². The summed E-state index contributed by atoms with van der Waals surface area (Å²) < 4.78 is 73.3. The largest absolute Gasteiger partial charge is 0.459 e. The summed E-state index contributed by atoms with van der Waals surface area (Å²) in [4.78, 5) is 23.8. The van der Waals surface area contributed by atoms with Gasteiger partial charge in [0.05, 0.1) is 17.9 Å². The first-order chi connectivity index (χ1) is 10.4. The number of ether oxygens (including phenoxy) is 2. The van der Waals surface area contributed by atoms with Crippen molar-refractivity contribution in [1.82, 2.24) is 0 Å². The number of aliphatic hydroxyl groups excluding tert-OH is 1. The Morgan fingerprint density at radius 1 is 1.30 bits per heavy atom. The Bertz CT molecular complexity index is 528. The van der Waals surface area contributed by atoms with E-state index in [4.69, 9.17) is 4.74 Å². The first-order valence-corrected chi connectivity index (χ1v) is 6.96. The molecule has 3 fully saturated rings. The van der Waals surface area contributed by atoms with Gasteiger partial charge in [-0.25, -0.2) is 8.78 Å². The molecule has 2 aliphatic carbocycles. The molecule has 23 heavy (non-hydrogen) atoms. The van der Waals surface area contributed by atoms with Gasteiger partial charge in [0.1, 0.15) is 6.10 Å². The highest BCUT2D eigenvalue weighted by Gasteiger charge is 2.69. The number of hydrogen-bond donors (Lipinski definition) is 1. The van der Waals surface area contributed by atoms with Gasteiger partial charge in [-0.1, -0.05) is 0 Å². The van der Waals surface area contributed by atoms with Gasteiger partial charge >= 0.3 is 18.1 Å². The second-order valence-corrected chi connectivity index (χ2v) is 6.32. The van der Waals surface area contributed by atoms with Crippen molar-refractivity contribution in [2.24, 2.45) is 23.7 Å². The summed E-state index contributed by atoms with van der Waals surface area (Å²) in [6.07, 6.45) is -10.8. The van der Waals surface area contributed by atoms with E-state index in [0.717, 1.165) is 0 Å². The Morgan fingerprint density at radius 3 is 2.43 bits per heavy atom. The minimum atomic E-state index is -5.46. The normalized spacial score (nSPS) is 40.2. The molecule has 7 atom stereocenters. The molecule has 0 radical (unpaired) electrons. The number of esters is 2. The molecular formula is C13H13F5O5. The molecule has 7 unspecified atom stereocenters. The van der Waals surface area contributed by atoms with Crippen molar-refractivity contribution in [3.05, 3.63) is 0 Å². The summed E-state index contributed by atoms with van der Waals surface area (Å²) in [6.45, 7) is -0.00601. The molecule has 1 N–H and O–H groups in total. The summed E-state index contributed by atoms with van der Waals surface area (Å²) in [5.74, 6) is -10.5. The monoisotopic (exact) mass is 344 g/mol. The van der Waals surface area contributed by atoms with E-state index in [1.165, 1.54) is 0 Å². The maximum atomic E-state index is 13.1. The zero-order chi connectivity index (χ0) is 17.3. The second kappa shape index (κ2) is 4.78. The Morgan fingerprint density at radius 2 is 1.91 bits per heavy atom. The van der Waals surface area contributed by atoms with Gasteiger partial charge in [-0.15, -0.1) is 0 Å². The maximum Gasteiger partial charge on any atom is 0.431 e. The van der Waals surface area contributed by atoms with Crippen LogP contribution in [0.5, 0.6) is 0 Å². The highest BCUT2D eigenvalue weighted by atomic mass is 19.4. The van der Waals surface area contributed by atoms with Crippen LogP contribution in [0.3, 0.4) is 0 Å². The fourth-order valence-electron chi connectivity index (χ4n) is 3.99. The van der Waals surface area contributed by atoms with Crippen LogP contribution in [-0.4, -0.2) is 47.5 Å². The Labute approximate surface area is 126 Å². The summed E-state index contributed by atoms with van der Waals surface area (Å²) in [7, 11) is 0. The van der Waals surface area contributed by atoms with Crippen molar-refractivity contribution in [2.75, 3.05) is 0 Å². The van der Waals surface area contributed by atoms with E-state index in [2.05, 4.69) is 4.74 Å². The molecule has 2 bridgehead atoms. The van der Waals surface area contributed by atoms with E-state index in [0.29, 0.717) is 0 Å². The van der Waals surface area contributed by atoms with E-state index in [1.54, 1.807) is 0 Å². The first-order valence-electron chi connectivity index (χ1n) is 6.96. The lowest BCUT2D eigenvalue weighted by Gasteiger charge is -2.31. The van der Waals surface area contributed by atoms with E-state index in [1.807, 2.05) is 0 Å².